The molecule has 0 saturated carbocycles. The van der Waals surface area contributed by atoms with E-state index >= 15 is 0 Å². The number of ether oxygens (including phenoxy) is 3. The van der Waals surface area contributed by atoms with Gasteiger partial charge in [-0.1, -0.05) is 121 Å². The van der Waals surface area contributed by atoms with Gasteiger partial charge < -0.3 is 38.7 Å². The van der Waals surface area contributed by atoms with Crippen molar-refractivity contribution < 1.29 is 14.2 Å². The van der Waals surface area contributed by atoms with Gasteiger partial charge >= 0.3 is 37.7 Å². The average molecular weight is 755 g/mol. The van der Waals surface area contributed by atoms with Crippen LogP contribution in [0.4, 0.5) is 0 Å². The largest absolute Gasteiger partial charge is 2.00 e. The summed E-state index contributed by atoms with van der Waals surface area (Å²) >= 11 is 22.4. The molecular formula is C36H44CaO3P2S4. The van der Waals surface area contributed by atoms with E-state index in [4.69, 9.17) is 62.3 Å². The van der Waals surface area contributed by atoms with Crippen LogP contribution in [0.1, 0.15) is 38.5 Å². The molecule has 3 nitrogen and oxygen atoms in total. The molecule has 4 aromatic carbocycles. The van der Waals surface area contributed by atoms with Crippen molar-refractivity contribution in [2.45, 2.75) is 38.5 Å². The molecule has 0 atom stereocenters. The molecule has 0 aliphatic carbocycles. The van der Waals surface area contributed by atoms with Gasteiger partial charge in [0.25, 0.3) is 0 Å². The van der Waals surface area contributed by atoms with E-state index in [1.165, 1.54) is 38.5 Å². The molecule has 46 heavy (non-hydrogen) atoms. The Hall–Kier alpha value is 0.0197. The number of hydrogen-bond donors (Lipinski definition) is 0. The first kappa shape index (κ1) is 42.2. The van der Waals surface area contributed by atoms with Crippen LogP contribution in [0.3, 0.4) is 0 Å². The molecule has 3 aliphatic heterocycles. The standard InChI is InChI=1S/2C12H11PS2.3C4H8O.Ca/c2*14-13(15,11-7-3-1-4-8-11)12-9-5-2-6-10-12;3*1-2-4-5-3-1;/h2*1-10H,(H,14,15);3*1-4H2;/q;;;;;+2/p-2. The van der Waals surface area contributed by atoms with Gasteiger partial charge in [-0.3, -0.25) is 0 Å². The topological polar surface area (TPSA) is 27.7 Å². The molecule has 7 rings (SSSR count). The first-order valence-electron chi connectivity index (χ1n) is 15.5. The number of rotatable bonds is 4. The molecule has 3 aliphatic rings. The molecule has 0 radical (unpaired) electrons. The average Bonchev–Trinajstić information content (AvgIpc) is 3.95. The Kier molecular flexibility index (Phi) is 23.0. The first-order chi connectivity index (χ1) is 21.9. The quantitative estimate of drug-likeness (QED) is 0.124. The van der Waals surface area contributed by atoms with Crippen LogP contribution in [0.2, 0.25) is 0 Å². The summed E-state index contributed by atoms with van der Waals surface area (Å²) in [5, 5.41) is 0.432. The van der Waals surface area contributed by atoms with E-state index in [0.717, 1.165) is 60.9 Å². The van der Waals surface area contributed by atoms with Crippen LogP contribution in [0.25, 0.3) is 0 Å². The van der Waals surface area contributed by atoms with Gasteiger partial charge in [0.2, 0.25) is 0 Å². The first-order valence-corrected chi connectivity index (χ1v) is 23.1. The second-order valence-corrected chi connectivity index (χ2v) is 22.6. The maximum absolute atomic E-state index is 5.60. The normalized spacial score (nSPS) is 15.2. The van der Waals surface area contributed by atoms with E-state index in [0.29, 0.717) is 0 Å². The Balaban J connectivity index is 0.000000219. The minimum atomic E-state index is -1.98. The van der Waals surface area contributed by atoms with Crippen LogP contribution in [0, 0.1) is 0 Å². The molecule has 3 heterocycles. The van der Waals surface area contributed by atoms with Crippen molar-refractivity contribution in [2.75, 3.05) is 39.6 Å². The van der Waals surface area contributed by atoms with Crippen LogP contribution in [0.5, 0.6) is 0 Å². The van der Waals surface area contributed by atoms with Gasteiger partial charge in [-0.15, -0.1) is 34.1 Å². The van der Waals surface area contributed by atoms with E-state index in [1.54, 1.807) is 0 Å². The summed E-state index contributed by atoms with van der Waals surface area (Å²) in [7, 11) is 0. The van der Waals surface area contributed by atoms with E-state index in [9.17, 15) is 0 Å². The summed E-state index contributed by atoms with van der Waals surface area (Å²) < 4.78 is 14.8. The van der Waals surface area contributed by atoms with Crippen LogP contribution in [-0.2, 0) is 62.3 Å². The van der Waals surface area contributed by atoms with E-state index in [1.807, 2.05) is 121 Å². The van der Waals surface area contributed by atoms with E-state index in [2.05, 4.69) is 0 Å². The fourth-order valence-electron chi connectivity index (χ4n) is 4.33. The molecule has 0 amide bonds. The van der Waals surface area contributed by atoms with Crippen molar-refractivity contribution in [3.63, 3.8) is 0 Å². The molecule has 3 saturated heterocycles. The molecule has 0 spiro atoms. The van der Waals surface area contributed by atoms with E-state index < -0.39 is 10.5 Å². The summed E-state index contributed by atoms with van der Waals surface area (Å²) in [6, 6.07) is 40.1. The molecular weight excluding hydrogens is 711 g/mol. The third-order valence-corrected chi connectivity index (χ3v) is 15.8. The van der Waals surface area contributed by atoms with Crippen molar-refractivity contribution in [1.82, 2.24) is 0 Å². The Labute approximate surface area is 327 Å². The zero-order valence-corrected chi connectivity index (χ0v) is 33.8. The summed E-state index contributed by atoms with van der Waals surface area (Å²) in [4.78, 5) is 0. The number of hydrogen-bond acceptors (Lipinski definition) is 7. The molecule has 0 unspecified atom stereocenters. The Morgan fingerprint density at radius 1 is 0.370 bits per heavy atom. The van der Waals surface area contributed by atoms with Gasteiger partial charge in [0.1, 0.15) is 0 Å². The summed E-state index contributed by atoms with van der Waals surface area (Å²) in [5.74, 6) is 0. The van der Waals surface area contributed by atoms with Crippen molar-refractivity contribution in [3.05, 3.63) is 121 Å². The van der Waals surface area contributed by atoms with E-state index in [-0.39, 0.29) is 37.7 Å². The van der Waals surface area contributed by atoms with Crippen molar-refractivity contribution in [1.29, 1.82) is 0 Å². The summed E-state index contributed by atoms with van der Waals surface area (Å²) in [5.41, 5.74) is 0. The minimum Gasteiger partial charge on any atom is -0.738 e. The Bertz CT molecular complexity index is 1180. The predicted octanol–water partition coefficient (Wildman–Crippen LogP) is 7.17. The van der Waals surface area contributed by atoms with Gasteiger partial charge in [-0.25, -0.2) is 0 Å². The van der Waals surface area contributed by atoms with Gasteiger partial charge in [0.15, 0.2) is 0 Å². The van der Waals surface area contributed by atoms with Crippen molar-refractivity contribution >= 4 is 118 Å². The Morgan fingerprint density at radius 2 is 0.543 bits per heavy atom. The number of benzene rings is 4. The summed E-state index contributed by atoms with van der Waals surface area (Å²) in [6.45, 7) is 6.00. The Morgan fingerprint density at radius 3 is 0.674 bits per heavy atom. The molecule has 0 bridgehead atoms. The fourth-order valence-corrected chi connectivity index (χ4v) is 10.1. The van der Waals surface area contributed by atoms with Crippen LogP contribution in [-0.4, -0.2) is 77.4 Å². The summed E-state index contributed by atoms with van der Waals surface area (Å²) in [6.07, 6.45) is 7.67. The van der Waals surface area contributed by atoms with Crippen LogP contribution >= 0.6 is 10.5 Å². The molecule has 0 N–H and O–H groups in total. The van der Waals surface area contributed by atoms with Crippen LogP contribution in [0.15, 0.2) is 121 Å². The maximum atomic E-state index is 5.60. The maximum Gasteiger partial charge on any atom is 2.00 e. The molecule has 242 valence electrons. The SMILES string of the molecule is C1CCOC1.C1CCOC1.C1CCOC1.S=P([S-])(c1ccccc1)c1ccccc1.S=P([S-])(c1ccccc1)c1ccccc1.[Ca+2]. The molecule has 10 heteroatoms. The molecule has 4 aromatic rings. The van der Waals surface area contributed by atoms with Gasteiger partial charge in [-0.05, 0) is 59.7 Å². The fraction of sp³-hybridized carbons (Fsp3) is 0.333. The monoisotopic (exact) mass is 754 g/mol. The third-order valence-electron chi connectivity index (χ3n) is 6.87. The third kappa shape index (κ3) is 16.2. The van der Waals surface area contributed by atoms with Crippen molar-refractivity contribution in [2.24, 2.45) is 0 Å². The van der Waals surface area contributed by atoms with Crippen LogP contribution < -0.4 is 21.2 Å². The minimum absolute atomic E-state index is 0. The van der Waals surface area contributed by atoms with Gasteiger partial charge in [-0.2, -0.15) is 0 Å². The zero-order valence-electron chi connectivity index (χ0n) is 26.5. The van der Waals surface area contributed by atoms with Gasteiger partial charge in [0.05, 0.1) is 0 Å². The second-order valence-electron chi connectivity index (χ2n) is 10.4. The van der Waals surface area contributed by atoms with Gasteiger partial charge in [0, 0.05) is 39.6 Å². The van der Waals surface area contributed by atoms with Crippen molar-refractivity contribution in [3.8, 4) is 0 Å². The predicted molar refractivity (Wildman–Crippen MR) is 214 cm³/mol. The smallest absolute Gasteiger partial charge is 0.738 e. The second kappa shape index (κ2) is 25.0. The molecule has 3 fully saturated rings. The molecule has 0 aromatic heterocycles. The zero-order chi connectivity index (χ0) is 32.1.